The molecule has 5 heteroatoms. The van der Waals surface area contributed by atoms with Gasteiger partial charge < -0.3 is 15.8 Å². The zero-order valence-electron chi connectivity index (χ0n) is 9.22. The van der Waals surface area contributed by atoms with Gasteiger partial charge in [0.2, 0.25) is 0 Å². The third-order valence-electron chi connectivity index (χ3n) is 2.18. The van der Waals surface area contributed by atoms with Crippen LogP contribution in [0.1, 0.15) is 12.8 Å². The third kappa shape index (κ3) is 3.98. The molecule has 1 aromatic carbocycles. The zero-order valence-corrected chi connectivity index (χ0v) is 10.8. The van der Waals surface area contributed by atoms with Crippen molar-refractivity contribution in [3.05, 3.63) is 22.4 Å². The molecular weight excluding hydrogens is 275 g/mol. The number of hydrogen-bond donors (Lipinski definition) is 2. The molecule has 0 bridgehead atoms. The molecule has 0 atom stereocenters. The average molecular weight is 291 g/mol. The summed E-state index contributed by atoms with van der Waals surface area (Å²) >= 11 is 3.12. The largest absolute Gasteiger partial charge is 0.397 e. The van der Waals surface area contributed by atoms with E-state index in [1.54, 1.807) is 13.2 Å². The van der Waals surface area contributed by atoms with Gasteiger partial charge in [-0.1, -0.05) is 0 Å². The second kappa shape index (κ2) is 6.70. The number of nitrogen functional groups attached to an aromatic ring is 1. The van der Waals surface area contributed by atoms with E-state index in [1.165, 1.54) is 6.07 Å². The number of unbranched alkanes of at least 4 members (excludes halogenated alkanes) is 1. The molecule has 0 spiro atoms. The van der Waals surface area contributed by atoms with Crippen molar-refractivity contribution < 1.29 is 9.13 Å². The van der Waals surface area contributed by atoms with Gasteiger partial charge in [0.25, 0.3) is 0 Å². The van der Waals surface area contributed by atoms with Crippen molar-refractivity contribution in [2.75, 3.05) is 31.3 Å². The number of benzene rings is 1. The Morgan fingerprint density at radius 3 is 2.88 bits per heavy atom. The summed E-state index contributed by atoms with van der Waals surface area (Å²) in [6.07, 6.45) is 1.98. The molecule has 0 radical (unpaired) electrons. The van der Waals surface area contributed by atoms with Crippen LogP contribution < -0.4 is 11.1 Å². The Balaban J connectivity index is 2.45. The smallest absolute Gasteiger partial charge is 0.139 e. The summed E-state index contributed by atoms with van der Waals surface area (Å²) in [5, 5.41) is 3.16. The van der Waals surface area contributed by atoms with Crippen LogP contribution in [-0.2, 0) is 4.74 Å². The first-order valence-corrected chi connectivity index (χ1v) is 5.91. The minimum atomic E-state index is -0.345. The van der Waals surface area contributed by atoms with Crippen molar-refractivity contribution in [3.8, 4) is 0 Å². The molecule has 3 N–H and O–H groups in total. The number of ether oxygens (including phenoxy) is 1. The molecule has 0 fully saturated rings. The Kier molecular flexibility index (Phi) is 5.55. The summed E-state index contributed by atoms with van der Waals surface area (Å²) in [5.74, 6) is -0.345. The summed E-state index contributed by atoms with van der Waals surface area (Å²) < 4.78 is 18.4. The monoisotopic (exact) mass is 290 g/mol. The summed E-state index contributed by atoms with van der Waals surface area (Å²) in [4.78, 5) is 0. The molecule has 1 rings (SSSR count). The average Bonchev–Trinajstić information content (AvgIpc) is 2.25. The summed E-state index contributed by atoms with van der Waals surface area (Å²) in [6, 6.07) is 2.96. The molecular formula is C11H16BrFN2O. The van der Waals surface area contributed by atoms with E-state index in [1.807, 2.05) is 0 Å². The van der Waals surface area contributed by atoms with E-state index < -0.39 is 0 Å². The van der Waals surface area contributed by atoms with Crippen molar-refractivity contribution in [1.82, 2.24) is 0 Å². The van der Waals surface area contributed by atoms with E-state index in [4.69, 9.17) is 10.5 Å². The fourth-order valence-electron chi connectivity index (χ4n) is 1.31. The highest BCUT2D eigenvalue weighted by Crippen LogP contribution is 2.26. The maximum absolute atomic E-state index is 13.1. The molecule has 0 aliphatic rings. The third-order valence-corrected chi connectivity index (χ3v) is 2.79. The fourth-order valence-corrected chi connectivity index (χ4v) is 1.65. The molecule has 0 aliphatic carbocycles. The maximum atomic E-state index is 13.1. The highest BCUT2D eigenvalue weighted by Gasteiger charge is 2.04. The first-order chi connectivity index (χ1) is 7.65. The van der Waals surface area contributed by atoms with E-state index >= 15 is 0 Å². The molecule has 1 aromatic rings. The van der Waals surface area contributed by atoms with Crippen LogP contribution >= 0.6 is 15.9 Å². The van der Waals surface area contributed by atoms with Crippen LogP contribution in [0, 0.1) is 5.82 Å². The summed E-state index contributed by atoms with van der Waals surface area (Å²) in [6.45, 7) is 1.55. The molecule has 0 aliphatic heterocycles. The van der Waals surface area contributed by atoms with Gasteiger partial charge in [-0.25, -0.2) is 4.39 Å². The van der Waals surface area contributed by atoms with Crippen molar-refractivity contribution in [2.45, 2.75) is 12.8 Å². The van der Waals surface area contributed by atoms with Crippen LogP contribution in [0.5, 0.6) is 0 Å². The Morgan fingerprint density at radius 2 is 2.19 bits per heavy atom. The SMILES string of the molecule is COCCCCNc1cc(Br)c(F)cc1N. The van der Waals surface area contributed by atoms with Crippen LogP contribution in [0.4, 0.5) is 15.8 Å². The van der Waals surface area contributed by atoms with Gasteiger partial charge in [0.1, 0.15) is 5.82 Å². The number of hydrogen-bond acceptors (Lipinski definition) is 3. The predicted molar refractivity (Wildman–Crippen MR) is 68.1 cm³/mol. The van der Waals surface area contributed by atoms with Gasteiger partial charge in [-0.05, 0) is 34.8 Å². The Labute approximate surface area is 103 Å². The van der Waals surface area contributed by atoms with Gasteiger partial charge in [-0.15, -0.1) is 0 Å². The molecule has 90 valence electrons. The first kappa shape index (κ1) is 13.3. The standard InChI is InChI=1S/C11H16BrFN2O/c1-16-5-3-2-4-15-11-6-8(12)9(13)7-10(11)14/h6-7,15H,2-5,14H2,1H3. The van der Waals surface area contributed by atoms with E-state index in [-0.39, 0.29) is 5.82 Å². The number of rotatable bonds is 6. The van der Waals surface area contributed by atoms with Gasteiger partial charge in [-0.2, -0.15) is 0 Å². The molecule has 16 heavy (non-hydrogen) atoms. The lowest BCUT2D eigenvalue weighted by Gasteiger charge is -2.10. The van der Waals surface area contributed by atoms with Gasteiger partial charge in [-0.3, -0.25) is 0 Å². The van der Waals surface area contributed by atoms with E-state index in [9.17, 15) is 4.39 Å². The van der Waals surface area contributed by atoms with Crippen LogP contribution in [0.15, 0.2) is 16.6 Å². The van der Waals surface area contributed by atoms with Crippen LogP contribution in [0.2, 0.25) is 0 Å². The molecule has 0 unspecified atom stereocenters. The predicted octanol–water partition coefficient (Wildman–Crippen LogP) is 3.01. The second-order valence-electron chi connectivity index (χ2n) is 3.48. The summed E-state index contributed by atoms with van der Waals surface area (Å²) in [7, 11) is 1.68. The lowest BCUT2D eigenvalue weighted by molar-refractivity contribution is 0.194. The van der Waals surface area contributed by atoms with Gasteiger partial charge in [0.05, 0.1) is 15.8 Å². The normalized spacial score (nSPS) is 10.4. The van der Waals surface area contributed by atoms with Gasteiger partial charge in [0, 0.05) is 26.3 Å². The number of anilines is 2. The molecule has 0 amide bonds. The van der Waals surface area contributed by atoms with Gasteiger partial charge in [0.15, 0.2) is 0 Å². The number of nitrogens with two attached hydrogens (primary N) is 1. The number of methoxy groups -OCH3 is 1. The van der Waals surface area contributed by atoms with Crippen LogP contribution in [0.25, 0.3) is 0 Å². The fraction of sp³-hybridized carbons (Fsp3) is 0.455. The Bertz CT molecular complexity index is 347. The number of halogens is 2. The van der Waals surface area contributed by atoms with Crippen molar-refractivity contribution >= 4 is 27.3 Å². The van der Waals surface area contributed by atoms with Gasteiger partial charge >= 0.3 is 0 Å². The molecule has 0 saturated heterocycles. The van der Waals surface area contributed by atoms with E-state index in [0.29, 0.717) is 10.2 Å². The van der Waals surface area contributed by atoms with Crippen LogP contribution in [-0.4, -0.2) is 20.3 Å². The molecule has 0 aromatic heterocycles. The quantitative estimate of drug-likeness (QED) is 0.625. The number of nitrogens with one attached hydrogen (secondary N) is 1. The van der Waals surface area contributed by atoms with Crippen LogP contribution in [0.3, 0.4) is 0 Å². The maximum Gasteiger partial charge on any atom is 0.139 e. The first-order valence-electron chi connectivity index (χ1n) is 5.12. The zero-order chi connectivity index (χ0) is 12.0. The minimum absolute atomic E-state index is 0.345. The van der Waals surface area contributed by atoms with Crippen molar-refractivity contribution in [1.29, 1.82) is 0 Å². The van der Waals surface area contributed by atoms with E-state index in [0.717, 1.165) is 31.7 Å². The lowest BCUT2D eigenvalue weighted by atomic mass is 10.2. The molecule has 3 nitrogen and oxygen atoms in total. The lowest BCUT2D eigenvalue weighted by Crippen LogP contribution is -2.05. The van der Waals surface area contributed by atoms with Crippen molar-refractivity contribution in [3.63, 3.8) is 0 Å². The second-order valence-corrected chi connectivity index (χ2v) is 4.33. The highest BCUT2D eigenvalue weighted by molar-refractivity contribution is 9.10. The molecule has 0 heterocycles. The molecule has 0 saturated carbocycles. The Hall–Kier alpha value is -0.810. The van der Waals surface area contributed by atoms with Crippen molar-refractivity contribution in [2.24, 2.45) is 0 Å². The minimum Gasteiger partial charge on any atom is -0.397 e. The highest BCUT2D eigenvalue weighted by atomic mass is 79.9. The van der Waals surface area contributed by atoms with E-state index in [2.05, 4.69) is 21.2 Å². The summed E-state index contributed by atoms with van der Waals surface area (Å²) in [5.41, 5.74) is 6.86. The Morgan fingerprint density at radius 1 is 1.44 bits per heavy atom. The topological polar surface area (TPSA) is 47.3 Å².